The van der Waals surface area contributed by atoms with E-state index in [-0.39, 0.29) is 11.3 Å². The molecule has 0 amide bonds. The second kappa shape index (κ2) is 9.72. The molecule has 0 aromatic heterocycles. The van der Waals surface area contributed by atoms with Crippen LogP contribution in [0.5, 0.6) is 0 Å². The summed E-state index contributed by atoms with van der Waals surface area (Å²) in [5.41, 5.74) is 3.23. The Kier molecular flexibility index (Phi) is 7.04. The molecule has 8 heteroatoms. The lowest BCUT2D eigenvalue weighted by Gasteiger charge is -2.27. The number of nitrogens with one attached hydrogen (secondary N) is 1. The third-order valence-electron chi connectivity index (χ3n) is 4.91. The van der Waals surface area contributed by atoms with Gasteiger partial charge in [-0.05, 0) is 43.5 Å². The summed E-state index contributed by atoms with van der Waals surface area (Å²) in [4.78, 5) is 16.4. The van der Waals surface area contributed by atoms with Crippen LogP contribution in [0.3, 0.4) is 0 Å². The Hall–Kier alpha value is -3.23. The maximum atomic E-state index is 13.1. The van der Waals surface area contributed by atoms with Crippen molar-refractivity contribution in [2.45, 2.75) is 37.3 Å². The zero-order chi connectivity index (χ0) is 22.4. The van der Waals surface area contributed by atoms with Crippen molar-refractivity contribution in [1.82, 2.24) is 4.72 Å². The predicted octanol–water partition coefficient (Wildman–Crippen LogP) is 4.14. The van der Waals surface area contributed by atoms with E-state index in [1.165, 1.54) is 12.1 Å². The average molecular weight is 441 g/mol. The highest BCUT2D eigenvalue weighted by Gasteiger charge is 2.31. The van der Waals surface area contributed by atoms with Crippen LogP contribution in [0.1, 0.15) is 28.4 Å². The Bertz CT molecular complexity index is 1110. The molecule has 0 aliphatic heterocycles. The van der Waals surface area contributed by atoms with Crippen molar-refractivity contribution < 1.29 is 18.3 Å². The number of sulfonamides is 1. The first kappa shape index (κ1) is 22.5. The molecule has 2 atom stereocenters. The van der Waals surface area contributed by atoms with E-state index in [4.69, 9.17) is 4.84 Å². The van der Waals surface area contributed by atoms with E-state index in [1.54, 1.807) is 36.4 Å². The molecule has 3 aromatic rings. The Balaban J connectivity index is 2.01. The molecule has 0 bridgehead atoms. The van der Waals surface area contributed by atoms with Gasteiger partial charge >= 0.3 is 0 Å². The molecule has 0 radical (unpaired) electrons. The van der Waals surface area contributed by atoms with Crippen LogP contribution in [-0.4, -0.2) is 19.5 Å². The van der Waals surface area contributed by atoms with Crippen LogP contribution in [0.2, 0.25) is 0 Å². The number of benzene rings is 3. The van der Waals surface area contributed by atoms with E-state index in [0.29, 0.717) is 5.56 Å². The van der Waals surface area contributed by atoms with Gasteiger partial charge in [0.15, 0.2) is 0 Å². The Morgan fingerprint density at radius 2 is 1.45 bits per heavy atom. The number of rotatable bonds is 9. The van der Waals surface area contributed by atoms with Gasteiger partial charge < -0.3 is 4.84 Å². The summed E-state index contributed by atoms with van der Waals surface area (Å²) in [6.45, 7) is 3.76. The first-order chi connectivity index (χ1) is 14.7. The molecule has 0 unspecified atom stereocenters. The minimum atomic E-state index is -3.95. The van der Waals surface area contributed by atoms with Crippen LogP contribution in [0, 0.1) is 24.0 Å². The maximum absolute atomic E-state index is 13.1. The molecular formula is C23H24N2O5S. The average Bonchev–Trinajstić information content (AvgIpc) is 2.73. The second-order valence-electron chi connectivity index (χ2n) is 7.39. The molecular weight excluding hydrogens is 416 g/mol. The predicted molar refractivity (Wildman–Crippen MR) is 117 cm³/mol. The van der Waals surface area contributed by atoms with Crippen LogP contribution in [0.15, 0.2) is 83.8 Å². The smallest absolute Gasteiger partial charge is 0.295 e. The fraction of sp³-hybridized carbons (Fsp3) is 0.217. The van der Waals surface area contributed by atoms with Crippen molar-refractivity contribution in [3.63, 3.8) is 0 Å². The molecule has 0 heterocycles. The Labute approximate surface area is 181 Å². The minimum absolute atomic E-state index is 0.0833. The largest absolute Gasteiger partial charge is 0.304 e. The van der Waals surface area contributed by atoms with Crippen LogP contribution in [0.4, 0.5) is 0 Å². The van der Waals surface area contributed by atoms with Crippen molar-refractivity contribution in [3.05, 3.63) is 111 Å². The highest BCUT2D eigenvalue weighted by Crippen LogP contribution is 2.26. The summed E-state index contributed by atoms with van der Waals surface area (Å²) in [7, 11) is -3.95. The third kappa shape index (κ3) is 6.13. The van der Waals surface area contributed by atoms with Gasteiger partial charge in [-0.25, -0.2) is 13.1 Å². The molecule has 0 spiro atoms. The highest BCUT2D eigenvalue weighted by molar-refractivity contribution is 7.89. The Morgan fingerprint density at radius 3 is 2.00 bits per heavy atom. The topological polar surface area (TPSA) is 98.5 Å². The molecule has 1 N–H and O–H groups in total. The fourth-order valence-electron chi connectivity index (χ4n) is 3.28. The lowest BCUT2D eigenvalue weighted by atomic mass is 9.96. The maximum Gasteiger partial charge on any atom is 0.295 e. The molecule has 0 saturated heterocycles. The summed E-state index contributed by atoms with van der Waals surface area (Å²) in [5.74, 6) is 0. The van der Waals surface area contributed by atoms with Crippen molar-refractivity contribution in [2.75, 3.05) is 0 Å². The van der Waals surface area contributed by atoms with E-state index in [9.17, 15) is 18.5 Å². The third-order valence-corrected chi connectivity index (χ3v) is 6.41. The molecule has 0 aliphatic carbocycles. The van der Waals surface area contributed by atoms with Gasteiger partial charge in [-0.2, -0.15) is 0 Å². The van der Waals surface area contributed by atoms with Gasteiger partial charge in [0.1, 0.15) is 6.10 Å². The van der Waals surface area contributed by atoms with Crippen molar-refractivity contribution in [3.8, 4) is 0 Å². The van der Waals surface area contributed by atoms with Crippen molar-refractivity contribution in [1.29, 1.82) is 0 Å². The van der Waals surface area contributed by atoms with E-state index in [0.717, 1.165) is 16.7 Å². The summed E-state index contributed by atoms with van der Waals surface area (Å²) in [6, 6.07) is 21.7. The quantitative estimate of drug-likeness (QED) is 0.398. The molecule has 7 nitrogen and oxygen atoms in total. The van der Waals surface area contributed by atoms with Gasteiger partial charge in [0.2, 0.25) is 10.0 Å². The van der Waals surface area contributed by atoms with Crippen LogP contribution >= 0.6 is 0 Å². The van der Waals surface area contributed by atoms with Gasteiger partial charge in [0, 0.05) is 0 Å². The zero-order valence-electron chi connectivity index (χ0n) is 17.3. The van der Waals surface area contributed by atoms with Gasteiger partial charge in [-0.15, -0.1) is 10.1 Å². The molecule has 0 saturated carbocycles. The minimum Gasteiger partial charge on any atom is -0.304 e. The highest BCUT2D eigenvalue weighted by atomic mass is 32.2. The van der Waals surface area contributed by atoms with E-state index in [1.807, 2.05) is 44.2 Å². The van der Waals surface area contributed by atoms with Crippen LogP contribution in [0.25, 0.3) is 0 Å². The van der Waals surface area contributed by atoms with E-state index in [2.05, 4.69) is 4.72 Å². The lowest BCUT2D eigenvalue weighted by molar-refractivity contribution is -0.771. The van der Waals surface area contributed by atoms with Crippen molar-refractivity contribution in [2.24, 2.45) is 0 Å². The molecule has 3 rings (SSSR count). The SMILES string of the molecule is Cc1ccc([C@@H](O[N+](=O)[O-])[C@H](Cc2ccccc2)NS(=O)(=O)c2ccc(C)cc2)cc1. The van der Waals surface area contributed by atoms with Gasteiger partial charge in [0.25, 0.3) is 5.09 Å². The lowest BCUT2D eigenvalue weighted by Crippen LogP contribution is -2.42. The second-order valence-corrected chi connectivity index (χ2v) is 9.10. The summed E-state index contributed by atoms with van der Waals surface area (Å²) in [6.07, 6.45) is -0.922. The molecule has 162 valence electrons. The van der Waals surface area contributed by atoms with Crippen LogP contribution < -0.4 is 4.72 Å². The monoisotopic (exact) mass is 440 g/mol. The summed E-state index contributed by atoms with van der Waals surface area (Å²) < 4.78 is 28.8. The summed E-state index contributed by atoms with van der Waals surface area (Å²) >= 11 is 0. The number of aryl methyl sites for hydroxylation is 2. The Morgan fingerprint density at radius 1 is 0.903 bits per heavy atom. The molecule has 0 fully saturated rings. The molecule has 3 aromatic carbocycles. The van der Waals surface area contributed by atoms with E-state index < -0.39 is 27.3 Å². The van der Waals surface area contributed by atoms with Gasteiger partial charge in [-0.1, -0.05) is 77.9 Å². The summed E-state index contributed by atoms with van der Waals surface area (Å²) in [5, 5.41) is 10.4. The first-order valence-corrected chi connectivity index (χ1v) is 11.2. The standard InChI is InChI=1S/C23H24N2O5S/c1-17-8-12-20(13-9-17)23(30-25(26)27)22(16-19-6-4-3-5-7-19)24-31(28,29)21-14-10-18(2)11-15-21/h3-15,22-24H,16H2,1-2H3/t22-,23+/m0/s1. The van der Waals surface area contributed by atoms with Gasteiger partial charge in [-0.3, -0.25) is 0 Å². The van der Waals surface area contributed by atoms with Crippen molar-refractivity contribution >= 4 is 10.0 Å². The number of nitrogens with zero attached hydrogens (tertiary/aromatic N) is 1. The zero-order valence-corrected chi connectivity index (χ0v) is 18.1. The van der Waals surface area contributed by atoms with Crippen LogP contribution in [-0.2, 0) is 21.3 Å². The fourth-order valence-corrected chi connectivity index (χ4v) is 4.51. The number of hydrogen-bond acceptors (Lipinski definition) is 5. The van der Waals surface area contributed by atoms with Gasteiger partial charge in [0.05, 0.1) is 10.9 Å². The first-order valence-electron chi connectivity index (χ1n) is 9.75. The molecule has 31 heavy (non-hydrogen) atoms. The number of hydrogen-bond donors (Lipinski definition) is 1. The van der Waals surface area contributed by atoms with E-state index >= 15 is 0 Å². The molecule has 0 aliphatic rings. The normalized spacial score (nSPS) is 13.4.